The maximum Gasteiger partial charge on any atom is 0.280 e. The van der Waals surface area contributed by atoms with Crippen LogP contribution < -0.4 is 15.0 Å². The molecule has 8 nitrogen and oxygen atoms in total. The van der Waals surface area contributed by atoms with Crippen molar-refractivity contribution in [1.82, 2.24) is 20.3 Å². The van der Waals surface area contributed by atoms with Crippen molar-refractivity contribution in [3.8, 4) is 5.75 Å². The summed E-state index contributed by atoms with van der Waals surface area (Å²) in [6, 6.07) is 4.32. The average molecular weight is 454 g/mol. The Labute approximate surface area is 191 Å². The number of carbonyl (C=O) groups excluding carboxylic acids is 1. The number of ether oxygens (including phenoxy) is 2. The highest BCUT2D eigenvalue weighted by Gasteiger charge is 2.26. The fourth-order valence-electron chi connectivity index (χ4n) is 4.33. The van der Waals surface area contributed by atoms with Gasteiger partial charge in [0.15, 0.2) is 5.01 Å². The first-order chi connectivity index (χ1) is 15.7. The summed E-state index contributed by atoms with van der Waals surface area (Å²) in [4.78, 5) is 28.0. The molecule has 0 radical (unpaired) electrons. The van der Waals surface area contributed by atoms with Crippen LogP contribution in [-0.2, 0) is 4.74 Å². The molecule has 32 heavy (non-hydrogen) atoms. The number of aryl methyl sites for hydroxylation is 1. The molecule has 1 saturated carbocycles. The fourth-order valence-corrected chi connectivity index (χ4v) is 5.03. The van der Waals surface area contributed by atoms with Gasteiger partial charge in [-0.25, -0.2) is 9.97 Å². The van der Waals surface area contributed by atoms with E-state index in [9.17, 15) is 4.79 Å². The van der Waals surface area contributed by atoms with Gasteiger partial charge in [0.1, 0.15) is 11.3 Å². The van der Waals surface area contributed by atoms with Gasteiger partial charge in [0, 0.05) is 54.4 Å². The van der Waals surface area contributed by atoms with Gasteiger partial charge in [0.25, 0.3) is 5.91 Å². The smallest absolute Gasteiger partial charge is 0.280 e. The minimum Gasteiger partial charge on any atom is -0.488 e. The van der Waals surface area contributed by atoms with Gasteiger partial charge < -0.3 is 19.7 Å². The van der Waals surface area contributed by atoms with Crippen LogP contribution in [0.4, 0.5) is 5.69 Å². The molecule has 1 N–H and O–H groups in total. The summed E-state index contributed by atoms with van der Waals surface area (Å²) in [5, 5.41) is 5.56. The van der Waals surface area contributed by atoms with Gasteiger partial charge in [-0.15, -0.1) is 11.3 Å². The molecule has 168 valence electrons. The summed E-state index contributed by atoms with van der Waals surface area (Å²) in [6.45, 7) is 5.07. The highest BCUT2D eigenvalue weighted by Crippen LogP contribution is 2.33. The summed E-state index contributed by atoms with van der Waals surface area (Å²) < 4.78 is 12.0. The molecule has 1 aliphatic heterocycles. The zero-order valence-corrected chi connectivity index (χ0v) is 18.9. The Morgan fingerprint density at radius 3 is 2.69 bits per heavy atom. The van der Waals surface area contributed by atoms with Crippen LogP contribution in [-0.4, -0.2) is 59.3 Å². The van der Waals surface area contributed by atoms with E-state index in [2.05, 4.69) is 37.3 Å². The molecule has 1 aliphatic carbocycles. The van der Waals surface area contributed by atoms with Crippen molar-refractivity contribution in [3.05, 3.63) is 40.6 Å². The summed E-state index contributed by atoms with van der Waals surface area (Å²) in [5.74, 6) is 0.704. The van der Waals surface area contributed by atoms with E-state index in [0.29, 0.717) is 5.01 Å². The molecule has 9 heteroatoms. The monoisotopic (exact) mass is 453 g/mol. The predicted molar refractivity (Wildman–Crippen MR) is 124 cm³/mol. The maximum absolute atomic E-state index is 12.4. The maximum atomic E-state index is 12.4. The summed E-state index contributed by atoms with van der Waals surface area (Å²) in [7, 11) is 0. The molecular weight excluding hydrogens is 426 g/mol. The summed E-state index contributed by atoms with van der Waals surface area (Å²) in [6.07, 6.45) is 7.04. The molecule has 0 atom stereocenters. The normalized spacial score (nSPS) is 21.5. The van der Waals surface area contributed by atoms with Crippen molar-refractivity contribution < 1.29 is 14.3 Å². The lowest BCUT2D eigenvalue weighted by Crippen LogP contribution is -2.39. The number of anilines is 1. The van der Waals surface area contributed by atoms with E-state index in [1.807, 2.05) is 12.3 Å². The number of aromatic nitrogens is 3. The van der Waals surface area contributed by atoms with Crippen LogP contribution in [0.3, 0.4) is 0 Å². The van der Waals surface area contributed by atoms with E-state index in [-0.39, 0.29) is 18.1 Å². The zero-order chi connectivity index (χ0) is 21.9. The second-order valence-corrected chi connectivity index (χ2v) is 9.18. The lowest BCUT2D eigenvalue weighted by atomic mass is 9.93. The van der Waals surface area contributed by atoms with Crippen molar-refractivity contribution in [2.75, 3.05) is 31.2 Å². The second-order valence-electron chi connectivity index (χ2n) is 8.33. The Bertz CT molecular complexity index is 1090. The molecular formula is C23H27N5O3S. The van der Waals surface area contributed by atoms with Gasteiger partial charge >= 0.3 is 0 Å². The Balaban J connectivity index is 1.25. The fraction of sp³-hybridized carbons (Fsp3) is 0.478. The minimum atomic E-state index is -0.0769. The largest absolute Gasteiger partial charge is 0.488 e. The molecule has 5 rings (SSSR count). The topological polar surface area (TPSA) is 89.5 Å². The van der Waals surface area contributed by atoms with Crippen LogP contribution in [0.25, 0.3) is 11.0 Å². The SMILES string of the molecule is Cc1csc(C(=O)N[C@H]2CC[C@@H](Oc3cc(N4CCOCC4)cc4nccnc34)CC2)n1. The van der Waals surface area contributed by atoms with Gasteiger partial charge in [-0.1, -0.05) is 0 Å². The van der Waals surface area contributed by atoms with E-state index in [1.165, 1.54) is 11.3 Å². The zero-order valence-electron chi connectivity index (χ0n) is 18.1. The molecule has 0 spiro atoms. The average Bonchev–Trinajstić information content (AvgIpc) is 3.27. The van der Waals surface area contributed by atoms with Crippen LogP contribution in [0.5, 0.6) is 5.75 Å². The minimum absolute atomic E-state index is 0.0769. The number of nitrogens with zero attached hydrogens (tertiary/aromatic N) is 4. The molecule has 2 fully saturated rings. The van der Waals surface area contributed by atoms with E-state index in [0.717, 1.165) is 80.2 Å². The standard InChI is InChI=1S/C23H27N5O3S/c1-15-14-32-23(26-15)22(29)27-16-2-4-18(5-3-16)31-20-13-17(28-8-10-30-11-9-28)12-19-21(20)25-7-6-24-19/h6-7,12-14,16,18H,2-5,8-11H2,1H3,(H,27,29)/t16-,18+. The first-order valence-corrected chi connectivity index (χ1v) is 12.0. The van der Waals surface area contributed by atoms with Crippen LogP contribution in [0.1, 0.15) is 41.2 Å². The lowest BCUT2D eigenvalue weighted by Gasteiger charge is -2.31. The number of morpholine rings is 1. The van der Waals surface area contributed by atoms with Gasteiger partial charge in [0.05, 0.1) is 24.8 Å². The Morgan fingerprint density at radius 2 is 1.94 bits per heavy atom. The number of hydrogen-bond donors (Lipinski definition) is 1. The third-order valence-electron chi connectivity index (χ3n) is 6.02. The second kappa shape index (κ2) is 9.38. The van der Waals surface area contributed by atoms with Gasteiger partial charge in [-0.3, -0.25) is 9.78 Å². The van der Waals surface area contributed by atoms with Crippen LogP contribution >= 0.6 is 11.3 Å². The lowest BCUT2D eigenvalue weighted by molar-refractivity contribution is 0.0894. The molecule has 3 aromatic rings. The summed E-state index contributed by atoms with van der Waals surface area (Å²) >= 11 is 1.39. The third-order valence-corrected chi connectivity index (χ3v) is 6.97. The van der Waals surface area contributed by atoms with Gasteiger partial charge in [-0.2, -0.15) is 0 Å². The Kier molecular flexibility index (Phi) is 6.18. The van der Waals surface area contributed by atoms with E-state index >= 15 is 0 Å². The molecule has 3 heterocycles. The van der Waals surface area contributed by atoms with Crippen molar-refractivity contribution in [2.24, 2.45) is 0 Å². The van der Waals surface area contributed by atoms with Crippen molar-refractivity contribution >= 4 is 34.0 Å². The number of thiazole rings is 1. The van der Waals surface area contributed by atoms with Gasteiger partial charge in [-0.05, 0) is 38.7 Å². The first kappa shape index (κ1) is 21.1. The molecule has 2 aromatic heterocycles. The number of nitrogens with one attached hydrogen (secondary N) is 1. The first-order valence-electron chi connectivity index (χ1n) is 11.1. The van der Waals surface area contributed by atoms with Crippen LogP contribution in [0.2, 0.25) is 0 Å². The quantitative estimate of drug-likeness (QED) is 0.634. The number of fused-ring (bicyclic) bond motifs is 1. The highest BCUT2D eigenvalue weighted by atomic mass is 32.1. The predicted octanol–water partition coefficient (Wildman–Crippen LogP) is 3.35. The van der Waals surface area contributed by atoms with E-state index in [1.54, 1.807) is 12.4 Å². The van der Waals surface area contributed by atoms with Crippen molar-refractivity contribution in [2.45, 2.75) is 44.8 Å². The van der Waals surface area contributed by atoms with Crippen LogP contribution in [0, 0.1) is 6.92 Å². The number of carbonyl (C=O) groups is 1. The van der Waals surface area contributed by atoms with E-state index in [4.69, 9.17) is 9.47 Å². The number of rotatable bonds is 5. The number of benzene rings is 1. The molecule has 1 saturated heterocycles. The van der Waals surface area contributed by atoms with Gasteiger partial charge in [0.2, 0.25) is 0 Å². The molecule has 1 aromatic carbocycles. The molecule has 0 unspecified atom stereocenters. The summed E-state index contributed by atoms with van der Waals surface area (Å²) in [5.41, 5.74) is 3.60. The number of hydrogen-bond acceptors (Lipinski definition) is 8. The third kappa shape index (κ3) is 4.68. The number of amides is 1. The van der Waals surface area contributed by atoms with Crippen molar-refractivity contribution in [3.63, 3.8) is 0 Å². The molecule has 2 aliphatic rings. The Hall–Kier alpha value is -2.78. The van der Waals surface area contributed by atoms with Crippen LogP contribution in [0.15, 0.2) is 29.9 Å². The van der Waals surface area contributed by atoms with E-state index < -0.39 is 0 Å². The van der Waals surface area contributed by atoms with Crippen molar-refractivity contribution in [1.29, 1.82) is 0 Å². The molecule has 0 bridgehead atoms. The highest BCUT2D eigenvalue weighted by molar-refractivity contribution is 7.11. The Morgan fingerprint density at radius 1 is 1.16 bits per heavy atom. The molecule has 1 amide bonds.